The summed E-state index contributed by atoms with van der Waals surface area (Å²) in [6.07, 6.45) is -4.02. The average molecular weight is 538 g/mol. The number of halogens is 4. The van der Waals surface area contributed by atoms with E-state index in [1.165, 1.54) is 12.1 Å². The molecule has 0 radical (unpaired) electrons. The van der Waals surface area contributed by atoms with Crippen molar-refractivity contribution in [2.75, 3.05) is 6.54 Å². The van der Waals surface area contributed by atoms with Gasteiger partial charge in [0.05, 0.1) is 5.69 Å². The van der Waals surface area contributed by atoms with Crippen molar-refractivity contribution in [3.8, 4) is 5.75 Å². The van der Waals surface area contributed by atoms with Crippen LogP contribution in [0.4, 0.5) is 13.2 Å². The first-order valence-electron chi connectivity index (χ1n) is 9.61. The Morgan fingerprint density at radius 1 is 1.33 bits per heavy atom. The van der Waals surface area contributed by atoms with Gasteiger partial charge in [0, 0.05) is 24.6 Å². The highest BCUT2D eigenvalue weighted by molar-refractivity contribution is 14.0. The summed E-state index contributed by atoms with van der Waals surface area (Å²) in [6, 6.07) is 8.11. The Kier molecular flexibility index (Phi) is 8.39. The fourth-order valence-electron chi connectivity index (χ4n) is 3.03. The van der Waals surface area contributed by atoms with E-state index < -0.39 is 6.36 Å². The lowest BCUT2D eigenvalue weighted by molar-refractivity contribution is -0.274. The molecule has 30 heavy (non-hydrogen) atoms. The summed E-state index contributed by atoms with van der Waals surface area (Å²) in [6.45, 7) is 6.98. The first-order chi connectivity index (χ1) is 13.8. The Hall–Kier alpha value is -1.98. The number of benzene rings is 1. The number of hydrogen-bond acceptors (Lipinski definition) is 4. The molecule has 0 saturated heterocycles. The maximum atomic E-state index is 12.6. The molecule has 1 heterocycles. The third-order valence-electron chi connectivity index (χ3n) is 4.56. The second kappa shape index (κ2) is 10.4. The molecule has 6 nitrogen and oxygen atoms in total. The second-order valence-electron chi connectivity index (χ2n) is 7.25. The van der Waals surface area contributed by atoms with Crippen molar-refractivity contribution in [1.29, 1.82) is 0 Å². The van der Waals surface area contributed by atoms with Gasteiger partial charge in [-0.3, -0.25) is 0 Å². The number of rotatable bonds is 7. The van der Waals surface area contributed by atoms with Gasteiger partial charge in [0.1, 0.15) is 12.3 Å². The fraction of sp³-hybridized carbons (Fsp3) is 0.500. The van der Waals surface area contributed by atoms with Gasteiger partial charge in [-0.05, 0) is 30.9 Å². The third kappa shape index (κ3) is 6.78. The largest absolute Gasteiger partial charge is 0.573 e. The lowest BCUT2D eigenvalue weighted by atomic mass is 10.1. The van der Waals surface area contributed by atoms with Gasteiger partial charge in [-0.1, -0.05) is 37.2 Å². The van der Waals surface area contributed by atoms with E-state index in [4.69, 9.17) is 4.52 Å². The maximum absolute atomic E-state index is 12.6. The zero-order valence-corrected chi connectivity index (χ0v) is 19.3. The normalized spacial score (nSPS) is 18.7. The minimum absolute atomic E-state index is 0. The summed E-state index contributed by atoms with van der Waals surface area (Å²) >= 11 is 0. The smallest absolute Gasteiger partial charge is 0.405 e. The second-order valence-corrected chi connectivity index (χ2v) is 7.25. The van der Waals surface area contributed by atoms with Crippen molar-refractivity contribution in [1.82, 2.24) is 15.8 Å². The average Bonchev–Trinajstić information content (AvgIpc) is 3.22. The van der Waals surface area contributed by atoms with Gasteiger partial charge in [0.2, 0.25) is 0 Å². The van der Waals surface area contributed by atoms with Crippen LogP contribution in [0.3, 0.4) is 0 Å². The van der Waals surface area contributed by atoms with Crippen molar-refractivity contribution < 1.29 is 22.4 Å². The Bertz CT molecular complexity index is 855. The molecule has 2 aromatic rings. The molecule has 1 saturated carbocycles. The van der Waals surface area contributed by atoms with E-state index in [1.54, 1.807) is 12.1 Å². The van der Waals surface area contributed by atoms with Crippen LogP contribution in [0.2, 0.25) is 0 Å². The molecule has 1 fully saturated rings. The predicted octanol–water partition coefficient (Wildman–Crippen LogP) is 4.93. The highest BCUT2D eigenvalue weighted by Gasteiger charge is 2.42. The molecular weight excluding hydrogens is 512 g/mol. The topological polar surface area (TPSA) is 71.7 Å². The van der Waals surface area contributed by atoms with E-state index in [9.17, 15) is 13.2 Å². The first-order valence-corrected chi connectivity index (χ1v) is 9.61. The van der Waals surface area contributed by atoms with Crippen molar-refractivity contribution in [3.05, 3.63) is 47.3 Å². The van der Waals surface area contributed by atoms with E-state index in [1.807, 2.05) is 26.8 Å². The van der Waals surface area contributed by atoms with Crippen LogP contribution in [0.25, 0.3) is 0 Å². The van der Waals surface area contributed by atoms with Gasteiger partial charge in [0.15, 0.2) is 11.7 Å². The van der Waals surface area contributed by atoms with Crippen molar-refractivity contribution in [2.24, 2.45) is 4.99 Å². The number of aliphatic imine (C=N–C) groups is 1. The Labute approximate surface area is 190 Å². The van der Waals surface area contributed by atoms with Crippen LogP contribution in [0.15, 0.2) is 39.8 Å². The Morgan fingerprint density at radius 2 is 2.07 bits per heavy atom. The number of aromatic nitrogens is 1. The molecule has 1 aromatic heterocycles. The van der Waals surface area contributed by atoms with Gasteiger partial charge in [-0.25, -0.2) is 4.99 Å². The van der Waals surface area contributed by atoms with E-state index in [-0.39, 0.29) is 47.6 Å². The summed E-state index contributed by atoms with van der Waals surface area (Å²) in [7, 11) is 0. The highest BCUT2D eigenvalue weighted by Crippen LogP contribution is 2.45. The van der Waals surface area contributed by atoms with E-state index in [2.05, 4.69) is 25.5 Å². The molecule has 3 rings (SSSR count). The SMILES string of the molecule is CCNC(=NCc1cc(C(C)C)no1)NC1CC1c1ccccc1OC(F)(F)F.I. The van der Waals surface area contributed by atoms with Crippen molar-refractivity contribution in [3.63, 3.8) is 0 Å². The molecule has 1 aromatic carbocycles. The molecule has 0 bridgehead atoms. The Morgan fingerprint density at radius 3 is 2.70 bits per heavy atom. The highest BCUT2D eigenvalue weighted by atomic mass is 127. The van der Waals surface area contributed by atoms with E-state index in [0.717, 1.165) is 5.69 Å². The summed E-state index contributed by atoms with van der Waals surface area (Å²) in [4.78, 5) is 4.50. The summed E-state index contributed by atoms with van der Waals surface area (Å²) in [5.74, 6) is 1.28. The molecule has 2 atom stereocenters. The molecule has 1 aliphatic rings. The molecular formula is C20H26F3IN4O2. The zero-order valence-electron chi connectivity index (χ0n) is 17.0. The lowest BCUT2D eigenvalue weighted by Crippen LogP contribution is -2.39. The number of nitrogens with one attached hydrogen (secondary N) is 2. The molecule has 166 valence electrons. The molecule has 0 aliphatic heterocycles. The molecule has 2 unspecified atom stereocenters. The van der Waals surface area contributed by atoms with Crippen molar-refractivity contribution in [2.45, 2.75) is 58.0 Å². The fourth-order valence-corrected chi connectivity index (χ4v) is 3.03. The molecule has 1 aliphatic carbocycles. The van der Waals surface area contributed by atoms with Crippen molar-refractivity contribution >= 4 is 29.9 Å². The quantitative estimate of drug-likeness (QED) is 0.298. The van der Waals surface area contributed by atoms with Gasteiger partial charge < -0.3 is 19.9 Å². The first kappa shape index (κ1) is 24.3. The minimum atomic E-state index is -4.71. The van der Waals surface area contributed by atoms with Crippen LogP contribution < -0.4 is 15.4 Å². The number of guanidine groups is 1. The standard InChI is InChI=1S/C20H25F3N4O2.HI/c1-4-24-19(25-11-13-9-16(12(2)3)27-29-13)26-17-10-15(17)14-7-5-6-8-18(14)28-20(21,22)23;/h5-9,12,15,17H,4,10-11H2,1-3H3,(H2,24,25,26);1H. The number of nitrogens with zero attached hydrogens (tertiary/aromatic N) is 2. The van der Waals surface area contributed by atoms with Crippen LogP contribution in [-0.2, 0) is 6.54 Å². The third-order valence-corrected chi connectivity index (χ3v) is 4.56. The van der Waals surface area contributed by atoms with Crippen LogP contribution >= 0.6 is 24.0 Å². The van der Waals surface area contributed by atoms with Crippen LogP contribution in [-0.4, -0.2) is 30.1 Å². The molecule has 2 N–H and O–H groups in total. The predicted molar refractivity (Wildman–Crippen MR) is 118 cm³/mol. The summed E-state index contributed by atoms with van der Waals surface area (Å²) in [5, 5.41) is 10.4. The van der Waals surface area contributed by atoms with Gasteiger partial charge in [0.25, 0.3) is 0 Å². The maximum Gasteiger partial charge on any atom is 0.573 e. The lowest BCUT2D eigenvalue weighted by Gasteiger charge is -2.14. The van der Waals surface area contributed by atoms with Crippen LogP contribution in [0, 0.1) is 0 Å². The Balaban J connectivity index is 0.00000320. The summed E-state index contributed by atoms with van der Waals surface area (Å²) < 4.78 is 47.4. The zero-order chi connectivity index (χ0) is 21.0. The monoisotopic (exact) mass is 538 g/mol. The number of para-hydroxylation sites is 1. The number of ether oxygens (including phenoxy) is 1. The summed E-state index contributed by atoms with van der Waals surface area (Å²) in [5.41, 5.74) is 1.41. The van der Waals surface area contributed by atoms with Gasteiger partial charge >= 0.3 is 6.36 Å². The van der Waals surface area contributed by atoms with Gasteiger partial charge in [-0.15, -0.1) is 37.1 Å². The molecule has 0 amide bonds. The van der Waals surface area contributed by atoms with E-state index >= 15 is 0 Å². The molecule has 10 heteroatoms. The molecule has 0 spiro atoms. The van der Waals surface area contributed by atoms with E-state index in [0.29, 0.717) is 36.8 Å². The van der Waals surface area contributed by atoms with Crippen LogP contribution in [0.5, 0.6) is 5.75 Å². The minimum Gasteiger partial charge on any atom is -0.405 e. The van der Waals surface area contributed by atoms with Gasteiger partial charge in [-0.2, -0.15) is 0 Å². The number of hydrogen-bond donors (Lipinski definition) is 2. The number of alkyl halides is 3. The van der Waals surface area contributed by atoms with Crippen LogP contribution in [0.1, 0.15) is 56.0 Å².